The summed E-state index contributed by atoms with van der Waals surface area (Å²) >= 11 is 0. The third-order valence-corrected chi connectivity index (χ3v) is 5.17. The number of nitrogens with one attached hydrogen (secondary N) is 1. The summed E-state index contributed by atoms with van der Waals surface area (Å²) in [5, 5.41) is 23.8. The third-order valence-electron chi connectivity index (χ3n) is 5.17. The van der Waals surface area contributed by atoms with Crippen molar-refractivity contribution >= 4 is 17.6 Å². The second kappa shape index (κ2) is 8.66. The quantitative estimate of drug-likeness (QED) is 0.319. The molecular weight excluding hydrogens is 372 g/mol. The van der Waals surface area contributed by atoms with E-state index < -0.39 is 36.0 Å². The summed E-state index contributed by atoms with van der Waals surface area (Å²) in [6.45, 7) is 2.18. The highest BCUT2D eigenvalue weighted by atomic mass is 16.8. The molecule has 10 heteroatoms. The molecule has 0 aromatic rings. The van der Waals surface area contributed by atoms with Crippen molar-refractivity contribution in [2.45, 2.75) is 49.9 Å². The van der Waals surface area contributed by atoms with E-state index in [9.17, 15) is 24.6 Å². The molecular formula is C18H26N2O8. The third kappa shape index (κ3) is 4.26. The first-order valence-corrected chi connectivity index (χ1v) is 9.33. The van der Waals surface area contributed by atoms with E-state index in [4.69, 9.17) is 14.2 Å². The number of aliphatic hydroxyl groups excluding tert-OH is 2. The molecule has 2 amide bonds. The van der Waals surface area contributed by atoms with Crippen molar-refractivity contribution in [3.63, 3.8) is 0 Å². The minimum Gasteiger partial charge on any atom is -0.388 e. The lowest BCUT2D eigenvalue weighted by Crippen LogP contribution is -2.66. The Morgan fingerprint density at radius 2 is 2.18 bits per heavy atom. The minimum absolute atomic E-state index is 0.0299. The zero-order valence-corrected chi connectivity index (χ0v) is 15.7. The highest BCUT2D eigenvalue weighted by Gasteiger charge is 2.61. The Balaban J connectivity index is 1.48. The number of aliphatic hydroxyl groups is 2. The molecule has 0 spiro atoms. The van der Waals surface area contributed by atoms with Crippen LogP contribution in [0, 0.1) is 0 Å². The van der Waals surface area contributed by atoms with E-state index in [-0.39, 0.29) is 38.1 Å². The van der Waals surface area contributed by atoms with E-state index in [2.05, 4.69) is 5.32 Å². The zero-order chi connectivity index (χ0) is 20.3. The Hall–Kier alpha value is -1.85. The Kier molecular flexibility index (Phi) is 6.46. The van der Waals surface area contributed by atoms with Gasteiger partial charge >= 0.3 is 0 Å². The minimum atomic E-state index is -1.28. The molecule has 3 fully saturated rings. The lowest BCUT2D eigenvalue weighted by Gasteiger charge is -2.45. The lowest BCUT2D eigenvalue weighted by molar-refractivity contribution is -0.252. The van der Waals surface area contributed by atoms with Gasteiger partial charge in [-0.2, -0.15) is 0 Å². The van der Waals surface area contributed by atoms with Crippen LogP contribution < -0.4 is 5.32 Å². The van der Waals surface area contributed by atoms with Crippen molar-refractivity contribution in [1.82, 2.24) is 10.2 Å². The molecule has 0 aromatic carbocycles. The Bertz CT molecular complexity index is 653. The van der Waals surface area contributed by atoms with E-state index in [1.165, 1.54) is 17.9 Å². The summed E-state index contributed by atoms with van der Waals surface area (Å²) in [7, 11) is 0. The van der Waals surface area contributed by atoms with Gasteiger partial charge in [0.05, 0.1) is 19.8 Å². The summed E-state index contributed by atoms with van der Waals surface area (Å²) in [6.07, 6.45) is 0.113. The van der Waals surface area contributed by atoms with E-state index >= 15 is 0 Å². The van der Waals surface area contributed by atoms with Gasteiger partial charge in [0.25, 0.3) is 0 Å². The number of carbonyl (C=O) groups is 3. The number of hydrogen-bond donors (Lipinski definition) is 3. The van der Waals surface area contributed by atoms with E-state index in [0.29, 0.717) is 19.4 Å². The predicted octanol–water partition coefficient (Wildman–Crippen LogP) is -1.90. The van der Waals surface area contributed by atoms with Crippen molar-refractivity contribution in [1.29, 1.82) is 0 Å². The van der Waals surface area contributed by atoms with Crippen LogP contribution in [0.25, 0.3) is 0 Å². The molecule has 28 heavy (non-hydrogen) atoms. The van der Waals surface area contributed by atoms with E-state index in [1.54, 1.807) is 0 Å². The van der Waals surface area contributed by atoms with Crippen LogP contribution in [0.3, 0.4) is 0 Å². The first kappa shape index (κ1) is 20.9. The second-order valence-corrected chi connectivity index (χ2v) is 7.27. The first-order chi connectivity index (χ1) is 13.3. The van der Waals surface area contributed by atoms with Crippen LogP contribution in [0.2, 0.25) is 0 Å². The average molecular weight is 398 g/mol. The molecule has 2 bridgehead atoms. The van der Waals surface area contributed by atoms with Crippen LogP contribution in [0.5, 0.6) is 0 Å². The normalized spacial score (nSPS) is 35.0. The molecule has 3 N–H and O–H groups in total. The zero-order valence-electron chi connectivity index (χ0n) is 15.7. The maximum atomic E-state index is 12.0. The Morgan fingerprint density at radius 1 is 1.39 bits per heavy atom. The summed E-state index contributed by atoms with van der Waals surface area (Å²) in [5.74, 6) is -0.727. The standard InChI is InChI=1S/C18H26N2O8/c1-11(21)4-5-12(22)19-6-8-26-9-18-10-27-17(28-18)14(15(24)16(18)25)20-7-2-3-13(20)23/h4-5,14-17,24-25H,2-3,6-10H2,1H3,(H,19,22)/b5-4+/t14-,15-,16-,17+,18+/m1/s1. The number of amides is 2. The van der Waals surface area contributed by atoms with Gasteiger partial charge in [-0.15, -0.1) is 0 Å². The SMILES string of the molecule is CC(=O)/C=C/C(=O)NCCOC[C@@]12CO[C@@H](O1)[C@H](N1CCCC1=O)[C@@H](O)[C@H]2O. The van der Waals surface area contributed by atoms with Gasteiger partial charge in [0.2, 0.25) is 11.8 Å². The number of rotatable bonds is 8. The van der Waals surface area contributed by atoms with Crippen molar-refractivity contribution in [3.8, 4) is 0 Å². The summed E-state index contributed by atoms with van der Waals surface area (Å²) in [4.78, 5) is 35.8. The molecule has 3 aliphatic heterocycles. The fourth-order valence-electron chi connectivity index (χ4n) is 3.72. The first-order valence-electron chi connectivity index (χ1n) is 9.33. The maximum absolute atomic E-state index is 12.0. The van der Waals surface area contributed by atoms with Gasteiger partial charge in [0, 0.05) is 25.6 Å². The fourth-order valence-corrected chi connectivity index (χ4v) is 3.72. The van der Waals surface area contributed by atoms with Crippen LogP contribution in [-0.2, 0) is 28.6 Å². The number of carbonyl (C=O) groups excluding carboxylic acids is 3. The number of hydrogen-bond acceptors (Lipinski definition) is 8. The van der Waals surface area contributed by atoms with Crippen LogP contribution >= 0.6 is 0 Å². The van der Waals surface area contributed by atoms with Gasteiger partial charge in [-0.1, -0.05) is 0 Å². The van der Waals surface area contributed by atoms with Gasteiger partial charge in [-0.3, -0.25) is 14.4 Å². The van der Waals surface area contributed by atoms with Gasteiger partial charge in [0.15, 0.2) is 12.1 Å². The number of ether oxygens (including phenoxy) is 3. The van der Waals surface area contributed by atoms with Gasteiger partial charge in [-0.05, 0) is 19.4 Å². The number of allylic oxidation sites excluding steroid dienone is 1. The van der Waals surface area contributed by atoms with Crippen molar-refractivity contribution in [3.05, 3.63) is 12.2 Å². The molecule has 156 valence electrons. The Morgan fingerprint density at radius 3 is 2.86 bits per heavy atom. The molecule has 0 radical (unpaired) electrons. The van der Waals surface area contributed by atoms with Crippen LogP contribution in [-0.4, -0.2) is 95.8 Å². The molecule has 3 rings (SSSR count). The van der Waals surface area contributed by atoms with Crippen LogP contribution in [0.4, 0.5) is 0 Å². The predicted molar refractivity (Wildman–Crippen MR) is 94.0 cm³/mol. The number of likely N-dealkylation sites (tertiary alicyclic amines) is 1. The van der Waals surface area contributed by atoms with Crippen molar-refractivity contribution < 1.29 is 38.8 Å². The van der Waals surface area contributed by atoms with Gasteiger partial charge in [0.1, 0.15) is 23.9 Å². The van der Waals surface area contributed by atoms with Crippen LogP contribution in [0.1, 0.15) is 19.8 Å². The lowest BCUT2D eigenvalue weighted by atomic mass is 9.88. The molecule has 0 unspecified atom stereocenters. The Labute approximate surface area is 162 Å². The number of nitrogens with zero attached hydrogens (tertiary/aromatic N) is 1. The molecule has 0 aromatic heterocycles. The average Bonchev–Trinajstić information content (AvgIpc) is 3.25. The number of fused-ring (bicyclic) bond motifs is 2. The van der Waals surface area contributed by atoms with Gasteiger partial charge in [-0.25, -0.2) is 0 Å². The molecule has 10 nitrogen and oxygen atoms in total. The van der Waals surface area contributed by atoms with E-state index in [0.717, 1.165) is 6.08 Å². The molecule has 3 aliphatic rings. The molecule has 5 atom stereocenters. The van der Waals surface area contributed by atoms with Crippen molar-refractivity contribution in [2.75, 3.05) is 32.9 Å². The van der Waals surface area contributed by atoms with E-state index in [1.807, 2.05) is 0 Å². The maximum Gasteiger partial charge on any atom is 0.244 e. The fraction of sp³-hybridized carbons (Fsp3) is 0.722. The summed E-state index contributed by atoms with van der Waals surface area (Å²) in [6, 6.07) is -0.743. The smallest absolute Gasteiger partial charge is 0.244 e. The molecule has 0 aliphatic carbocycles. The topological polar surface area (TPSA) is 135 Å². The summed E-state index contributed by atoms with van der Waals surface area (Å²) < 4.78 is 17.0. The van der Waals surface area contributed by atoms with Gasteiger partial charge < -0.3 is 34.6 Å². The number of ketones is 1. The highest BCUT2D eigenvalue weighted by Crippen LogP contribution is 2.40. The molecule has 3 saturated heterocycles. The summed E-state index contributed by atoms with van der Waals surface area (Å²) in [5.41, 5.74) is -1.22. The monoisotopic (exact) mass is 398 g/mol. The molecule has 0 saturated carbocycles. The highest BCUT2D eigenvalue weighted by molar-refractivity contribution is 5.96. The van der Waals surface area contributed by atoms with Crippen LogP contribution in [0.15, 0.2) is 12.2 Å². The van der Waals surface area contributed by atoms with Crippen molar-refractivity contribution in [2.24, 2.45) is 0 Å². The largest absolute Gasteiger partial charge is 0.388 e. The molecule has 3 heterocycles. The second-order valence-electron chi connectivity index (χ2n) is 7.27.